The lowest BCUT2D eigenvalue weighted by atomic mass is 10.2. The quantitative estimate of drug-likeness (QED) is 0.427. The summed E-state index contributed by atoms with van der Waals surface area (Å²) < 4.78 is 4.85. The zero-order valence-electron chi connectivity index (χ0n) is 18.9. The van der Waals surface area contributed by atoms with E-state index in [1.54, 1.807) is 18.5 Å². The minimum Gasteiger partial charge on any atom is -0.350 e. The molecule has 1 N–H and O–H groups in total. The molecule has 1 atom stereocenters. The molecule has 1 amide bonds. The molecule has 5 rings (SSSR count). The molecule has 34 heavy (non-hydrogen) atoms. The van der Waals surface area contributed by atoms with Gasteiger partial charge in [0.1, 0.15) is 16.9 Å². The summed E-state index contributed by atoms with van der Waals surface area (Å²) >= 11 is 0. The lowest BCUT2D eigenvalue weighted by Gasteiger charge is -2.15. The third-order valence-electron chi connectivity index (χ3n) is 5.79. The van der Waals surface area contributed by atoms with E-state index < -0.39 is 6.04 Å². The van der Waals surface area contributed by atoms with E-state index >= 15 is 0 Å². The summed E-state index contributed by atoms with van der Waals surface area (Å²) in [7, 11) is 0. The van der Waals surface area contributed by atoms with Crippen LogP contribution in [0, 0.1) is 6.92 Å². The van der Waals surface area contributed by atoms with Crippen molar-refractivity contribution in [2.24, 2.45) is 0 Å². The first kappa shape index (κ1) is 21.4. The number of hydrogen-bond donors (Lipinski definition) is 1. The lowest BCUT2D eigenvalue weighted by Crippen LogP contribution is -2.37. The Morgan fingerprint density at radius 3 is 2.26 bits per heavy atom. The van der Waals surface area contributed by atoms with Crippen molar-refractivity contribution in [1.82, 2.24) is 29.4 Å². The number of benzene rings is 2. The number of aromatic nitrogens is 5. The van der Waals surface area contributed by atoms with Crippen LogP contribution in [0.15, 0.2) is 90.0 Å². The Morgan fingerprint density at radius 2 is 1.59 bits per heavy atom. The molecule has 3 heterocycles. The van der Waals surface area contributed by atoms with Crippen molar-refractivity contribution in [3.05, 3.63) is 107 Å². The first-order valence-electron chi connectivity index (χ1n) is 11.1. The van der Waals surface area contributed by atoms with Crippen LogP contribution in [0.3, 0.4) is 0 Å². The van der Waals surface area contributed by atoms with Gasteiger partial charge in [0.05, 0.1) is 11.4 Å². The van der Waals surface area contributed by atoms with Gasteiger partial charge >= 0.3 is 0 Å². The Morgan fingerprint density at radius 1 is 0.941 bits per heavy atom. The summed E-state index contributed by atoms with van der Waals surface area (Å²) in [6, 6.07) is 22.2. The average molecular weight is 453 g/mol. The molecule has 0 saturated heterocycles. The normalized spacial score (nSPS) is 12.1. The van der Waals surface area contributed by atoms with Gasteiger partial charge in [-0.25, -0.2) is 9.36 Å². The van der Waals surface area contributed by atoms with E-state index in [0.717, 1.165) is 11.3 Å². The highest BCUT2D eigenvalue weighted by Gasteiger charge is 2.25. The maximum atomic E-state index is 13.7. The highest BCUT2D eigenvalue weighted by molar-refractivity contribution is 5.88. The van der Waals surface area contributed by atoms with E-state index in [0.29, 0.717) is 29.0 Å². The Kier molecular flexibility index (Phi) is 5.55. The van der Waals surface area contributed by atoms with E-state index in [2.05, 4.69) is 10.4 Å². The SMILES string of the molecule is Cc1nn([C@H](C)C(=O)NCc2ccccc2)c(=O)c2c(-n3cccc3)n(-c3ccccc3)nc12. The number of fused-ring (bicyclic) bond motifs is 1. The molecule has 3 aromatic heterocycles. The van der Waals surface area contributed by atoms with Gasteiger partial charge in [0.25, 0.3) is 5.56 Å². The number of hydrogen-bond acceptors (Lipinski definition) is 4. The van der Waals surface area contributed by atoms with Crippen molar-refractivity contribution in [1.29, 1.82) is 0 Å². The predicted molar refractivity (Wildman–Crippen MR) is 130 cm³/mol. The number of carbonyl (C=O) groups is 1. The minimum absolute atomic E-state index is 0.282. The first-order valence-corrected chi connectivity index (χ1v) is 11.1. The van der Waals surface area contributed by atoms with Crippen LogP contribution in [0.25, 0.3) is 22.4 Å². The molecule has 0 saturated carbocycles. The summed E-state index contributed by atoms with van der Waals surface area (Å²) in [6.07, 6.45) is 3.73. The number of amides is 1. The molecular formula is C26H24N6O2. The molecule has 5 aromatic rings. The number of nitrogens with one attached hydrogen (secondary N) is 1. The van der Waals surface area contributed by atoms with Gasteiger partial charge in [-0.1, -0.05) is 48.5 Å². The van der Waals surface area contributed by atoms with Gasteiger partial charge in [-0.05, 0) is 43.7 Å². The highest BCUT2D eigenvalue weighted by atomic mass is 16.2. The zero-order chi connectivity index (χ0) is 23.7. The smallest absolute Gasteiger partial charge is 0.280 e. The molecule has 0 radical (unpaired) electrons. The third-order valence-corrected chi connectivity index (χ3v) is 5.79. The van der Waals surface area contributed by atoms with Crippen LogP contribution < -0.4 is 10.9 Å². The number of carbonyl (C=O) groups excluding carboxylic acids is 1. The fraction of sp³-hybridized carbons (Fsp3) is 0.154. The summed E-state index contributed by atoms with van der Waals surface area (Å²) in [4.78, 5) is 26.6. The van der Waals surface area contributed by atoms with Gasteiger partial charge in [0, 0.05) is 18.9 Å². The van der Waals surface area contributed by atoms with Gasteiger partial charge in [0.15, 0.2) is 5.82 Å². The van der Waals surface area contributed by atoms with Crippen LogP contribution in [0.1, 0.15) is 24.2 Å². The Bertz CT molecular complexity index is 1500. The molecule has 0 bridgehead atoms. The van der Waals surface area contributed by atoms with E-state index in [9.17, 15) is 9.59 Å². The van der Waals surface area contributed by atoms with Crippen molar-refractivity contribution in [3.8, 4) is 11.5 Å². The number of para-hydroxylation sites is 1. The number of aryl methyl sites for hydroxylation is 1. The molecule has 0 aliphatic rings. The fourth-order valence-electron chi connectivity index (χ4n) is 4.00. The second kappa shape index (κ2) is 8.82. The van der Waals surface area contributed by atoms with Crippen molar-refractivity contribution in [2.45, 2.75) is 26.4 Å². The topological polar surface area (TPSA) is 86.7 Å². The van der Waals surface area contributed by atoms with E-state index in [1.807, 2.05) is 89.8 Å². The second-order valence-corrected chi connectivity index (χ2v) is 8.10. The van der Waals surface area contributed by atoms with Crippen LogP contribution >= 0.6 is 0 Å². The lowest BCUT2D eigenvalue weighted by molar-refractivity contribution is -0.124. The maximum Gasteiger partial charge on any atom is 0.280 e. The fourth-order valence-corrected chi connectivity index (χ4v) is 4.00. The average Bonchev–Trinajstić information content (AvgIpc) is 3.54. The largest absolute Gasteiger partial charge is 0.350 e. The zero-order valence-corrected chi connectivity index (χ0v) is 18.9. The standard InChI is InChI=1S/C26H24N6O2/c1-18-23-22(25(30-15-9-10-16-30)32(29-23)21-13-7-4-8-14-21)26(34)31(28-18)19(2)24(33)27-17-20-11-5-3-6-12-20/h3-16,19H,17H2,1-2H3,(H,27,33)/t19-/m1/s1. The Hall–Kier alpha value is -4.46. The van der Waals surface area contributed by atoms with Crippen molar-refractivity contribution >= 4 is 16.8 Å². The number of rotatable bonds is 6. The van der Waals surface area contributed by atoms with E-state index in [1.165, 1.54) is 4.68 Å². The van der Waals surface area contributed by atoms with E-state index in [4.69, 9.17) is 5.10 Å². The van der Waals surface area contributed by atoms with Crippen LogP contribution in [0.5, 0.6) is 0 Å². The molecule has 0 aliphatic heterocycles. The number of nitrogens with zero attached hydrogens (tertiary/aromatic N) is 5. The van der Waals surface area contributed by atoms with Gasteiger partial charge in [-0.3, -0.25) is 9.59 Å². The third kappa shape index (κ3) is 3.79. The van der Waals surface area contributed by atoms with E-state index in [-0.39, 0.29) is 11.5 Å². The molecular weight excluding hydrogens is 428 g/mol. The molecule has 170 valence electrons. The molecule has 0 spiro atoms. The van der Waals surface area contributed by atoms with Crippen LogP contribution in [0.2, 0.25) is 0 Å². The molecule has 8 heteroatoms. The molecule has 0 fully saturated rings. The van der Waals surface area contributed by atoms with Gasteiger partial charge in [-0.15, -0.1) is 0 Å². The summed E-state index contributed by atoms with van der Waals surface area (Å²) in [5, 5.41) is 12.5. The monoisotopic (exact) mass is 452 g/mol. The summed E-state index contributed by atoms with van der Waals surface area (Å²) in [5.74, 6) is 0.322. The van der Waals surface area contributed by atoms with Crippen molar-refractivity contribution < 1.29 is 4.79 Å². The van der Waals surface area contributed by atoms with Gasteiger partial charge in [0.2, 0.25) is 5.91 Å². The second-order valence-electron chi connectivity index (χ2n) is 8.10. The van der Waals surface area contributed by atoms with Crippen molar-refractivity contribution in [3.63, 3.8) is 0 Å². The molecule has 2 aromatic carbocycles. The van der Waals surface area contributed by atoms with Crippen LogP contribution in [0.4, 0.5) is 0 Å². The Labute approximate surface area is 196 Å². The molecule has 8 nitrogen and oxygen atoms in total. The van der Waals surface area contributed by atoms with Crippen molar-refractivity contribution in [2.75, 3.05) is 0 Å². The molecule has 0 aliphatic carbocycles. The van der Waals surface area contributed by atoms with Crippen LogP contribution in [-0.4, -0.2) is 30.0 Å². The first-order chi connectivity index (χ1) is 16.5. The summed E-state index contributed by atoms with van der Waals surface area (Å²) in [5.41, 5.74) is 2.51. The van der Waals surface area contributed by atoms with Crippen LogP contribution in [-0.2, 0) is 11.3 Å². The molecule has 0 unspecified atom stereocenters. The Balaban J connectivity index is 1.61. The van der Waals surface area contributed by atoms with Gasteiger partial charge < -0.3 is 9.88 Å². The minimum atomic E-state index is -0.795. The maximum absolute atomic E-state index is 13.7. The summed E-state index contributed by atoms with van der Waals surface area (Å²) in [6.45, 7) is 3.85. The predicted octanol–water partition coefficient (Wildman–Crippen LogP) is 3.56. The highest BCUT2D eigenvalue weighted by Crippen LogP contribution is 2.25. The van der Waals surface area contributed by atoms with Gasteiger partial charge in [-0.2, -0.15) is 10.2 Å².